The minimum atomic E-state index is -0.779. The summed E-state index contributed by atoms with van der Waals surface area (Å²) < 4.78 is 11.1. The molecular formula is C37H45N3O6S. The molecule has 2 aromatic carbocycles. The van der Waals surface area contributed by atoms with Crippen molar-refractivity contribution in [3.8, 4) is 0 Å². The van der Waals surface area contributed by atoms with Crippen molar-refractivity contribution < 1.29 is 28.7 Å². The van der Waals surface area contributed by atoms with Crippen LogP contribution in [0.5, 0.6) is 0 Å². The number of aryl methyl sites for hydroxylation is 1. The van der Waals surface area contributed by atoms with E-state index in [9.17, 15) is 19.2 Å². The number of benzene rings is 2. The molecule has 1 heterocycles. The van der Waals surface area contributed by atoms with Crippen molar-refractivity contribution >= 4 is 40.2 Å². The maximum Gasteiger partial charge on any atom is 0.407 e. The average Bonchev–Trinajstić information content (AvgIpc) is 3.43. The summed E-state index contributed by atoms with van der Waals surface area (Å²) in [5.41, 5.74) is 2.79. The first kappa shape index (κ1) is 34.2. The second-order valence-corrected chi connectivity index (χ2v) is 14.5. The maximum absolute atomic E-state index is 14.1. The molecule has 2 aliphatic rings. The number of fused-ring (bicyclic) bond motifs is 1. The average molecular weight is 660 g/mol. The molecule has 1 aromatic heterocycles. The van der Waals surface area contributed by atoms with Gasteiger partial charge in [-0.1, -0.05) is 61.7 Å². The summed E-state index contributed by atoms with van der Waals surface area (Å²) in [6.45, 7) is 5.71. The molecule has 0 radical (unpaired) electrons. The first-order valence-corrected chi connectivity index (χ1v) is 17.4. The van der Waals surface area contributed by atoms with E-state index in [-0.39, 0.29) is 30.9 Å². The fraction of sp³-hybridized carbons (Fsp3) is 0.459. The highest BCUT2D eigenvalue weighted by atomic mass is 32.1. The molecule has 9 nitrogen and oxygen atoms in total. The summed E-state index contributed by atoms with van der Waals surface area (Å²) in [5.74, 6) is -1.18. The molecule has 1 unspecified atom stereocenters. The van der Waals surface area contributed by atoms with E-state index in [4.69, 9.17) is 9.47 Å². The summed E-state index contributed by atoms with van der Waals surface area (Å²) >= 11 is 1.44. The minimum Gasteiger partial charge on any atom is -0.457 e. The van der Waals surface area contributed by atoms with Gasteiger partial charge < -0.3 is 25.4 Å². The summed E-state index contributed by atoms with van der Waals surface area (Å²) in [7, 11) is 0. The number of hydrogen-bond acceptors (Lipinski definition) is 7. The second-order valence-electron chi connectivity index (χ2n) is 13.4. The highest BCUT2D eigenvalue weighted by Crippen LogP contribution is 2.39. The van der Waals surface area contributed by atoms with Gasteiger partial charge in [0.05, 0.1) is 5.56 Å². The molecule has 0 bridgehead atoms. The number of amides is 3. The van der Waals surface area contributed by atoms with Crippen LogP contribution in [0.4, 0.5) is 9.80 Å². The molecule has 0 saturated heterocycles. The van der Waals surface area contributed by atoms with Crippen molar-refractivity contribution in [2.45, 2.75) is 103 Å². The van der Waals surface area contributed by atoms with Crippen molar-refractivity contribution in [2.24, 2.45) is 5.92 Å². The van der Waals surface area contributed by atoms with Crippen LogP contribution in [0, 0.1) is 5.92 Å². The highest BCUT2D eigenvalue weighted by molar-refractivity contribution is 7.17. The number of alkyl carbamates (subject to hydrolysis) is 1. The Morgan fingerprint density at radius 3 is 2.36 bits per heavy atom. The smallest absolute Gasteiger partial charge is 0.407 e. The quantitative estimate of drug-likeness (QED) is 0.196. The second kappa shape index (κ2) is 15.6. The first-order chi connectivity index (χ1) is 22.6. The molecule has 3 aromatic rings. The van der Waals surface area contributed by atoms with Crippen LogP contribution in [0.25, 0.3) is 0 Å². The van der Waals surface area contributed by atoms with Crippen LogP contribution in [0.1, 0.15) is 108 Å². The number of esters is 1. The van der Waals surface area contributed by atoms with Gasteiger partial charge in [0.2, 0.25) is 5.91 Å². The van der Waals surface area contributed by atoms with E-state index in [1.54, 1.807) is 39.0 Å². The van der Waals surface area contributed by atoms with E-state index in [1.807, 2.05) is 36.4 Å². The number of carbonyl (C=O) groups is 4. The van der Waals surface area contributed by atoms with Crippen LogP contribution >= 0.6 is 11.3 Å². The Hall–Kier alpha value is -4.18. The molecular weight excluding hydrogens is 614 g/mol. The van der Waals surface area contributed by atoms with Crippen molar-refractivity contribution in [3.05, 3.63) is 87.3 Å². The Balaban J connectivity index is 1.32. The SMILES string of the molecule is CC(C)(C)OC(=O)NCc1cccc(C(=O)NC(C(=O)Nc2sc3c(c2C(=O)OCc2ccccc2)CCCC3)C2CCCCC2)c1. The Bertz CT molecular complexity index is 1570. The number of hydrogen-bond donors (Lipinski definition) is 3. The highest BCUT2D eigenvalue weighted by Gasteiger charge is 2.34. The van der Waals surface area contributed by atoms with Gasteiger partial charge in [0.1, 0.15) is 23.3 Å². The fourth-order valence-corrected chi connectivity index (χ4v) is 7.54. The summed E-state index contributed by atoms with van der Waals surface area (Å²) in [4.78, 5) is 54.4. The van der Waals surface area contributed by atoms with E-state index < -0.39 is 23.7 Å². The van der Waals surface area contributed by atoms with E-state index in [2.05, 4.69) is 16.0 Å². The molecule has 0 spiro atoms. The van der Waals surface area contributed by atoms with Gasteiger partial charge in [-0.25, -0.2) is 9.59 Å². The Morgan fingerprint density at radius 2 is 1.62 bits per heavy atom. The van der Waals surface area contributed by atoms with Crippen LogP contribution in [0.2, 0.25) is 0 Å². The number of anilines is 1. The van der Waals surface area contributed by atoms with Crippen LogP contribution in [-0.2, 0) is 40.3 Å². The zero-order valence-electron chi connectivity index (χ0n) is 27.5. The van der Waals surface area contributed by atoms with Gasteiger partial charge in [-0.15, -0.1) is 11.3 Å². The van der Waals surface area contributed by atoms with E-state index >= 15 is 0 Å². The first-order valence-electron chi connectivity index (χ1n) is 16.6. The lowest BCUT2D eigenvalue weighted by atomic mass is 9.83. The Morgan fingerprint density at radius 1 is 0.894 bits per heavy atom. The molecule has 2 aliphatic carbocycles. The molecule has 47 heavy (non-hydrogen) atoms. The van der Waals surface area contributed by atoms with Gasteiger partial charge in [-0.05, 0) is 94.0 Å². The number of ether oxygens (including phenoxy) is 2. The standard InChI is InChI=1S/C37H45N3O6S/c1-37(2,3)46-36(44)38-22-25-15-12-18-27(21-25)32(41)39-31(26-16-8-5-9-17-26)33(42)40-34-30(28-19-10-11-20-29(28)47-34)35(43)45-23-24-13-6-4-7-14-24/h4,6-7,12-15,18,21,26,31H,5,8-11,16-17,19-20,22-23H2,1-3H3,(H,38,44)(H,39,41)(H,40,42). The third-order valence-corrected chi connectivity index (χ3v) is 9.75. The van der Waals surface area contributed by atoms with Gasteiger partial charge in [0.25, 0.3) is 5.91 Å². The van der Waals surface area contributed by atoms with Gasteiger partial charge in [-0.3, -0.25) is 9.59 Å². The predicted molar refractivity (Wildman–Crippen MR) is 182 cm³/mol. The van der Waals surface area contributed by atoms with E-state index in [1.165, 1.54) is 11.3 Å². The van der Waals surface area contributed by atoms with Gasteiger partial charge in [0.15, 0.2) is 0 Å². The number of carbonyl (C=O) groups excluding carboxylic acids is 4. The predicted octanol–water partition coefficient (Wildman–Crippen LogP) is 7.33. The Labute approximate surface area is 280 Å². The van der Waals surface area contributed by atoms with Crippen molar-refractivity contribution in [2.75, 3.05) is 5.32 Å². The summed E-state index contributed by atoms with van der Waals surface area (Å²) in [6, 6.07) is 15.7. The monoisotopic (exact) mass is 659 g/mol. The largest absolute Gasteiger partial charge is 0.457 e. The van der Waals surface area contributed by atoms with E-state index in [0.717, 1.165) is 79.4 Å². The molecule has 3 N–H and O–H groups in total. The fourth-order valence-electron chi connectivity index (χ4n) is 6.26. The zero-order valence-corrected chi connectivity index (χ0v) is 28.3. The zero-order chi connectivity index (χ0) is 33.4. The van der Waals surface area contributed by atoms with Gasteiger partial charge >= 0.3 is 12.1 Å². The molecule has 10 heteroatoms. The lowest BCUT2D eigenvalue weighted by molar-refractivity contribution is -0.119. The van der Waals surface area contributed by atoms with Crippen LogP contribution in [0.3, 0.4) is 0 Å². The molecule has 1 fully saturated rings. The topological polar surface area (TPSA) is 123 Å². The van der Waals surface area contributed by atoms with Gasteiger partial charge in [-0.2, -0.15) is 0 Å². The van der Waals surface area contributed by atoms with E-state index in [0.29, 0.717) is 16.1 Å². The number of rotatable bonds is 10. The number of thiophene rings is 1. The minimum absolute atomic E-state index is 0.0345. The molecule has 1 saturated carbocycles. The molecule has 3 amide bonds. The van der Waals surface area contributed by atoms with Gasteiger partial charge in [0, 0.05) is 17.0 Å². The van der Waals surface area contributed by atoms with Crippen molar-refractivity contribution in [3.63, 3.8) is 0 Å². The third-order valence-electron chi connectivity index (χ3n) is 8.54. The lowest BCUT2D eigenvalue weighted by Gasteiger charge is -2.30. The maximum atomic E-state index is 14.1. The third kappa shape index (κ3) is 9.44. The van der Waals surface area contributed by atoms with Crippen LogP contribution in [0.15, 0.2) is 54.6 Å². The molecule has 0 aliphatic heterocycles. The normalized spacial score (nSPS) is 15.6. The lowest BCUT2D eigenvalue weighted by Crippen LogP contribution is -2.49. The number of nitrogens with one attached hydrogen (secondary N) is 3. The summed E-state index contributed by atoms with van der Waals surface area (Å²) in [5, 5.41) is 9.31. The van der Waals surface area contributed by atoms with Crippen molar-refractivity contribution in [1.29, 1.82) is 0 Å². The molecule has 250 valence electrons. The molecule has 1 atom stereocenters. The molecule has 5 rings (SSSR count). The summed E-state index contributed by atoms with van der Waals surface area (Å²) in [6.07, 6.45) is 7.81. The van der Waals surface area contributed by atoms with Crippen molar-refractivity contribution in [1.82, 2.24) is 10.6 Å². The van der Waals surface area contributed by atoms with Crippen LogP contribution in [-0.4, -0.2) is 35.5 Å². The Kier molecular flexibility index (Phi) is 11.3. The van der Waals surface area contributed by atoms with Crippen LogP contribution < -0.4 is 16.0 Å².